The van der Waals surface area contributed by atoms with Crippen LogP contribution < -0.4 is 4.74 Å². The van der Waals surface area contributed by atoms with Crippen LogP contribution in [0, 0.1) is 0 Å². The third-order valence-corrected chi connectivity index (χ3v) is 4.55. The number of rotatable bonds is 8. The third-order valence-electron chi connectivity index (χ3n) is 4.30. The summed E-state index contributed by atoms with van der Waals surface area (Å²) < 4.78 is 7.53. The van der Waals surface area contributed by atoms with Crippen molar-refractivity contribution in [3.05, 3.63) is 114 Å². The Morgan fingerprint density at radius 1 is 0.935 bits per heavy atom. The second-order valence-corrected chi connectivity index (χ2v) is 6.97. The lowest BCUT2D eigenvalue weighted by Gasteiger charge is -2.09. The average molecular weight is 431 g/mol. The Labute approximate surface area is 185 Å². The van der Waals surface area contributed by atoms with E-state index in [1.165, 1.54) is 6.33 Å². The summed E-state index contributed by atoms with van der Waals surface area (Å²) in [5.74, 6) is 1.42. The molecule has 0 aliphatic heterocycles. The molecule has 0 fully saturated rings. The third kappa shape index (κ3) is 6.04. The first-order chi connectivity index (χ1) is 15.3. The van der Waals surface area contributed by atoms with Crippen molar-refractivity contribution in [3.8, 4) is 11.5 Å². The minimum atomic E-state index is 0.413. The van der Waals surface area contributed by atoms with E-state index in [1.54, 1.807) is 29.4 Å². The molecule has 6 nitrogen and oxygen atoms in total. The van der Waals surface area contributed by atoms with E-state index < -0.39 is 0 Å². The van der Waals surface area contributed by atoms with Crippen LogP contribution in [0.5, 0.6) is 11.5 Å². The van der Waals surface area contributed by atoms with Gasteiger partial charge in [0.1, 0.15) is 36.1 Å². The van der Waals surface area contributed by atoms with Gasteiger partial charge in [0.15, 0.2) is 0 Å². The molecule has 0 saturated heterocycles. The molecule has 4 aromatic rings. The second-order valence-electron chi connectivity index (χ2n) is 6.53. The molecule has 4 rings (SSSR count). The van der Waals surface area contributed by atoms with Gasteiger partial charge in [0.2, 0.25) is 0 Å². The van der Waals surface area contributed by atoms with Gasteiger partial charge in [0.25, 0.3) is 0 Å². The van der Waals surface area contributed by atoms with Gasteiger partial charge in [0.05, 0.1) is 6.54 Å². The van der Waals surface area contributed by atoms with Crippen molar-refractivity contribution in [2.75, 3.05) is 0 Å². The van der Waals surface area contributed by atoms with Gasteiger partial charge in [-0.2, -0.15) is 5.10 Å². The van der Waals surface area contributed by atoms with Crippen molar-refractivity contribution < 1.29 is 9.57 Å². The number of nitrogens with zero attached hydrogens (tertiary/aromatic N) is 4. The predicted molar refractivity (Wildman–Crippen MR) is 121 cm³/mol. The Morgan fingerprint density at radius 3 is 2.32 bits per heavy atom. The highest BCUT2D eigenvalue weighted by atomic mass is 35.5. The van der Waals surface area contributed by atoms with Crippen molar-refractivity contribution in [1.82, 2.24) is 14.8 Å². The second kappa shape index (κ2) is 10.2. The zero-order valence-corrected chi connectivity index (χ0v) is 17.3. The van der Waals surface area contributed by atoms with E-state index in [0.29, 0.717) is 28.8 Å². The van der Waals surface area contributed by atoms with Crippen LogP contribution in [0.15, 0.2) is 103 Å². The van der Waals surface area contributed by atoms with Crippen LogP contribution in [0.2, 0.25) is 5.02 Å². The molecule has 7 heteroatoms. The zero-order chi connectivity index (χ0) is 21.3. The first-order valence-corrected chi connectivity index (χ1v) is 9.95. The molecule has 3 aromatic carbocycles. The first kappa shape index (κ1) is 20.4. The van der Waals surface area contributed by atoms with Crippen LogP contribution >= 0.6 is 11.6 Å². The maximum Gasteiger partial charge on any atom is 0.137 e. The molecule has 0 aliphatic rings. The molecule has 154 valence electrons. The molecule has 0 spiro atoms. The van der Waals surface area contributed by atoms with E-state index >= 15 is 0 Å². The fourth-order valence-electron chi connectivity index (χ4n) is 2.76. The van der Waals surface area contributed by atoms with Crippen molar-refractivity contribution >= 4 is 23.4 Å². The van der Waals surface area contributed by atoms with Gasteiger partial charge in [-0.25, -0.2) is 9.67 Å². The molecule has 0 saturated carbocycles. The Balaban J connectivity index is 1.48. The fourth-order valence-corrected chi connectivity index (χ4v) is 2.89. The van der Waals surface area contributed by atoms with Gasteiger partial charge < -0.3 is 9.57 Å². The first-order valence-electron chi connectivity index (χ1n) is 9.57. The molecule has 0 aliphatic carbocycles. The summed E-state index contributed by atoms with van der Waals surface area (Å²) in [7, 11) is 0. The lowest BCUT2D eigenvalue weighted by Crippen LogP contribution is -2.12. The van der Waals surface area contributed by atoms with Gasteiger partial charge >= 0.3 is 0 Å². The minimum absolute atomic E-state index is 0.413. The monoisotopic (exact) mass is 430 g/mol. The van der Waals surface area contributed by atoms with Crippen LogP contribution in [0.4, 0.5) is 0 Å². The number of aromatic nitrogens is 3. The molecule has 31 heavy (non-hydrogen) atoms. The molecule has 0 atom stereocenters. The molecule has 0 amide bonds. The molecule has 0 radical (unpaired) electrons. The van der Waals surface area contributed by atoms with E-state index in [4.69, 9.17) is 21.2 Å². The smallest absolute Gasteiger partial charge is 0.137 e. The van der Waals surface area contributed by atoms with Crippen LogP contribution in [0.3, 0.4) is 0 Å². The quantitative estimate of drug-likeness (QED) is 0.201. The lowest BCUT2D eigenvalue weighted by molar-refractivity contribution is 0.269. The number of hydrogen-bond acceptors (Lipinski definition) is 5. The average Bonchev–Trinajstić information content (AvgIpc) is 3.32. The van der Waals surface area contributed by atoms with Gasteiger partial charge in [-0.15, -0.1) is 0 Å². The van der Waals surface area contributed by atoms with Gasteiger partial charge in [-0.3, -0.25) is 0 Å². The van der Waals surface area contributed by atoms with Crippen molar-refractivity contribution in [1.29, 1.82) is 0 Å². The number of halogens is 1. The fraction of sp³-hybridized carbons (Fsp3) is 0.0417. The van der Waals surface area contributed by atoms with Crippen LogP contribution in [-0.2, 0) is 11.4 Å². The standard InChI is InChI=1S/C24H19ClN4O2/c25-21-8-12-23(13-9-21)31-22-10-6-20(7-11-22)24(16-29-18-26-17-27-29)28-30-15-14-19-4-2-1-3-5-19/h1-15,17-18H,16H2. The molecule has 0 bridgehead atoms. The Hall–Kier alpha value is -3.90. The summed E-state index contributed by atoms with van der Waals surface area (Å²) in [5.41, 5.74) is 2.60. The summed E-state index contributed by atoms with van der Waals surface area (Å²) in [6.07, 6.45) is 6.51. The maximum absolute atomic E-state index is 5.92. The van der Waals surface area contributed by atoms with E-state index in [-0.39, 0.29) is 0 Å². The highest BCUT2D eigenvalue weighted by molar-refractivity contribution is 6.30. The maximum atomic E-state index is 5.92. The summed E-state index contributed by atoms with van der Waals surface area (Å²) in [5, 5.41) is 9.11. The summed E-state index contributed by atoms with van der Waals surface area (Å²) in [4.78, 5) is 9.43. The summed E-state index contributed by atoms with van der Waals surface area (Å²) in [6, 6.07) is 24.7. The van der Waals surface area contributed by atoms with Crippen LogP contribution in [0.1, 0.15) is 11.1 Å². The highest BCUT2D eigenvalue weighted by Crippen LogP contribution is 2.23. The Kier molecular flexibility index (Phi) is 6.72. The molecule has 1 aromatic heterocycles. The SMILES string of the molecule is Clc1ccc(Oc2ccc(C(Cn3cncn3)=NOC=Cc3ccccc3)cc2)cc1. The van der Waals surface area contributed by atoms with Gasteiger partial charge in [-0.05, 0) is 60.2 Å². The number of ether oxygens (including phenoxy) is 1. The Bertz CT molecular complexity index is 1140. The topological polar surface area (TPSA) is 61.5 Å². The van der Waals surface area contributed by atoms with Crippen molar-refractivity contribution in [3.63, 3.8) is 0 Å². The van der Waals surface area contributed by atoms with E-state index in [1.807, 2.05) is 72.8 Å². The van der Waals surface area contributed by atoms with Crippen molar-refractivity contribution in [2.24, 2.45) is 5.16 Å². The van der Waals surface area contributed by atoms with E-state index in [0.717, 1.165) is 11.1 Å². The molecule has 0 unspecified atom stereocenters. The minimum Gasteiger partial charge on any atom is -0.457 e. The highest BCUT2D eigenvalue weighted by Gasteiger charge is 2.08. The van der Waals surface area contributed by atoms with Gasteiger partial charge in [-0.1, -0.05) is 47.1 Å². The molecular formula is C24H19ClN4O2. The molecular weight excluding hydrogens is 412 g/mol. The van der Waals surface area contributed by atoms with Crippen LogP contribution in [-0.4, -0.2) is 20.5 Å². The van der Waals surface area contributed by atoms with Crippen molar-refractivity contribution in [2.45, 2.75) is 6.54 Å². The summed E-state index contributed by atoms with van der Waals surface area (Å²) >= 11 is 5.92. The largest absolute Gasteiger partial charge is 0.457 e. The number of benzene rings is 3. The zero-order valence-electron chi connectivity index (χ0n) is 16.5. The van der Waals surface area contributed by atoms with Gasteiger partial charge in [0, 0.05) is 10.6 Å². The lowest BCUT2D eigenvalue weighted by atomic mass is 10.1. The number of hydrogen-bond donors (Lipinski definition) is 0. The van der Waals surface area contributed by atoms with Crippen LogP contribution in [0.25, 0.3) is 6.08 Å². The molecule has 1 heterocycles. The summed E-state index contributed by atoms with van der Waals surface area (Å²) in [6.45, 7) is 0.413. The van der Waals surface area contributed by atoms with E-state index in [2.05, 4.69) is 15.2 Å². The molecule has 0 N–H and O–H groups in total. The van der Waals surface area contributed by atoms with E-state index in [9.17, 15) is 0 Å². The number of oxime groups is 1. The predicted octanol–water partition coefficient (Wildman–Crippen LogP) is 5.82. The normalized spacial score (nSPS) is 11.6. The Morgan fingerprint density at radius 2 is 1.65 bits per heavy atom.